The summed E-state index contributed by atoms with van der Waals surface area (Å²) in [5.74, 6) is 1.87. The predicted molar refractivity (Wildman–Crippen MR) is 114 cm³/mol. The van der Waals surface area contributed by atoms with Crippen LogP contribution in [-0.2, 0) is 0 Å². The van der Waals surface area contributed by atoms with Crippen molar-refractivity contribution in [3.63, 3.8) is 0 Å². The zero-order valence-electron chi connectivity index (χ0n) is 15.8. The van der Waals surface area contributed by atoms with E-state index in [2.05, 4.69) is 54.1 Å². The molecule has 1 aliphatic carbocycles. The molecule has 0 radical (unpaired) electrons. The predicted octanol–water partition coefficient (Wildman–Crippen LogP) is 4.88. The fourth-order valence-electron chi connectivity index (χ4n) is 4.10. The molecule has 0 bridgehead atoms. The third-order valence-corrected chi connectivity index (χ3v) is 5.89. The molecule has 1 aliphatic heterocycles. The van der Waals surface area contributed by atoms with Gasteiger partial charge in [0.05, 0.1) is 0 Å². The molecule has 3 nitrogen and oxygen atoms in total. The molecule has 3 rings (SSSR count). The van der Waals surface area contributed by atoms with Crippen LogP contribution in [0.25, 0.3) is 0 Å². The zero-order chi connectivity index (χ0) is 16.3. The number of nitrogens with zero attached hydrogens (tertiary/aromatic N) is 1. The Balaban J connectivity index is 0.00000156. The Morgan fingerprint density at radius 1 is 1.00 bits per heavy atom. The molecule has 0 aromatic heterocycles. The van der Waals surface area contributed by atoms with Crippen molar-refractivity contribution in [2.75, 3.05) is 26.2 Å². The van der Waals surface area contributed by atoms with Gasteiger partial charge in [0.25, 0.3) is 0 Å². The average Bonchev–Trinajstić information content (AvgIpc) is 3.03. The fraction of sp³-hybridized carbons (Fsp3) is 0.684. The number of halogens is 2. The Hall–Kier alpha value is -0.263. The maximum absolute atomic E-state index is 6.12. The summed E-state index contributed by atoms with van der Waals surface area (Å²) in [5.41, 5.74) is 1.49. The minimum Gasteiger partial charge on any atom is -0.544 e. The van der Waals surface area contributed by atoms with Crippen molar-refractivity contribution < 1.29 is 4.43 Å². The zero-order valence-corrected chi connectivity index (χ0v) is 18.4. The molecule has 1 atom stereocenters. The van der Waals surface area contributed by atoms with Gasteiger partial charge in [0.1, 0.15) is 5.75 Å². The van der Waals surface area contributed by atoms with Crippen molar-refractivity contribution >= 4 is 33.1 Å². The van der Waals surface area contributed by atoms with Gasteiger partial charge in [0.2, 0.25) is 8.32 Å². The highest BCUT2D eigenvalue weighted by atomic mass is 35.5. The molecule has 1 aromatic carbocycles. The van der Waals surface area contributed by atoms with E-state index in [0.717, 1.165) is 24.8 Å². The summed E-state index contributed by atoms with van der Waals surface area (Å²) in [7, 11) is -1.52. The molecule has 1 heterocycles. The van der Waals surface area contributed by atoms with Gasteiger partial charge in [-0.1, -0.05) is 25.0 Å². The van der Waals surface area contributed by atoms with Crippen LogP contribution < -0.4 is 9.74 Å². The van der Waals surface area contributed by atoms with E-state index in [1.54, 1.807) is 0 Å². The lowest BCUT2D eigenvalue weighted by Crippen LogP contribution is -2.46. The highest BCUT2D eigenvalue weighted by molar-refractivity contribution is 6.70. The summed E-state index contributed by atoms with van der Waals surface area (Å²) >= 11 is 0. The van der Waals surface area contributed by atoms with E-state index in [1.165, 1.54) is 44.3 Å². The highest BCUT2D eigenvalue weighted by Crippen LogP contribution is 2.40. The molecule has 1 saturated carbocycles. The van der Waals surface area contributed by atoms with Crippen LogP contribution in [-0.4, -0.2) is 39.4 Å². The highest BCUT2D eigenvalue weighted by Gasteiger charge is 2.31. The van der Waals surface area contributed by atoms with Crippen molar-refractivity contribution in [1.82, 2.24) is 10.2 Å². The molecule has 1 aromatic rings. The molecule has 25 heavy (non-hydrogen) atoms. The number of hydrogen-bond donors (Lipinski definition) is 1. The summed E-state index contributed by atoms with van der Waals surface area (Å²) < 4.78 is 6.12. The standard InChI is InChI=1S/C19H32N2OSi.2ClH/c1-23(2,3)22-18-10-8-17(9-11-18)19(16-6-4-5-7-16)21-14-12-20-13-15-21;;/h8-11,16,19-20H,4-7,12-15H2,1-3H3;2*1H/t19-;;/m0../s1. The Labute approximate surface area is 166 Å². The lowest BCUT2D eigenvalue weighted by atomic mass is 9.89. The van der Waals surface area contributed by atoms with Gasteiger partial charge in [0.15, 0.2) is 0 Å². The van der Waals surface area contributed by atoms with Gasteiger partial charge in [-0.05, 0) is 56.1 Å². The molecule has 144 valence electrons. The topological polar surface area (TPSA) is 24.5 Å². The van der Waals surface area contributed by atoms with E-state index >= 15 is 0 Å². The van der Waals surface area contributed by atoms with Crippen molar-refractivity contribution in [2.24, 2.45) is 5.92 Å². The Morgan fingerprint density at radius 2 is 1.56 bits per heavy atom. The summed E-state index contributed by atoms with van der Waals surface area (Å²) in [6, 6.07) is 9.62. The van der Waals surface area contributed by atoms with Gasteiger partial charge >= 0.3 is 0 Å². The van der Waals surface area contributed by atoms with Crippen LogP contribution in [0, 0.1) is 5.92 Å². The van der Waals surface area contributed by atoms with Crippen molar-refractivity contribution in [1.29, 1.82) is 0 Å². The molecule has 2 fully saturated rings. The lowest BCUT2D eigenvalue weighted by Gasteiger charge is -2.38. The fourth-order valence-corrected chi connectivity index (χ4v) is 4.94. The monoisotopic (exact) mass is 404 g/mol. The molecule has 2 aliphatic rings. The van der Waals surface area contributed by atoms with E-state index in [4.69, 9.17) is 4.43 Å². The van der Waals surface area contributed by atoms with Crippen molar-refractivity contribution in [2.45, 2.75) is 51.4 Å². The van der Waals surface area contributed by atoms with E-state index in [-0.39, 0.29) is 24.8 Å². The minimum atomic E-state index is -1.52. The molecule has 6 heteroatoms. The summed E-state index contributed by atoms with van der Waals surface area (Å²) in [6.07, 6.45) is 5.59. The van der Waals surface area contributed by atoms with Crippen LogP contribution in [0.2, 0.25) is 19.6 Å². The first-order valence-corrected chi connectivity index (χ1v) is 12.7. The molecular weight excluding hydrogens is 371 g/mol. The lowest BCUT2D eigenvalue weighted by molar-refractivity contribution is 0.125. The van der Waals surface area contributed by atoms with Gasteiger partial charge in [-0.15, -0.1) is 24.8 Å². The van der Waals surface area contributed by atoms with Crippen LogP contribution in [0.1, 0.15) is 37.3 Å². The maximum Gasteiger partial charge on any atom is 0.242 e. The van der Waals surface area contributed by atoms with Crippen LogP contribution in [0.5, 0.6) is 5.75 Å². The quantitative estimate of drug-likeness (QED) is 0.707. The third-order valence-electron chi connectivity index (χ3n) is 5.04. The van der Waals surface area contributed by atoms with Gasteiger partial charge in [0, 0.05) is 32.2 Å². The second-order valence-electron chi connectivity index (χ2n) is 8.06. The molecule has 0 spiro atoms. The summed E-state index contributed by atoms with van der Waals surface area (Å²) in [6.45, 7) is 11.3. The number of piperazine rings is 1. The van der Waals surface area contributed by atoms with Crippen LogP contribution >= 0.6 is 24.8 Å². The second kappa shape index (κ2) is 10.2. The maximum atomic E-state index is 6.12. The van der Waals surface area contributed by atoms with E-state index in [9.17, 15) is 0 Å². The van der Waals surface area contributed by atoms with Gasteiger partial charge in [-0.25, -0.2) is 0 Å². The van der Waals surface area contributed by atoms with E-state index in [0.29, 0.717) is 6.04 Å². The Kier molecular flexibility index (Phi) is 9.27. The average molecular weight is 405 g/mol. The first-order valence-electron chi connectivity index (χ1n) is 9.27. The van der Waals surface area contributed by atoms with Gasteiger partial charge < -0.3 is 9.74 Å². The number of nitrogens with one attached hydrogen (secondary N) is 1. The summed E-state index contributed by atoms with van der Waals surface area (Å²) in [5, 5.41) is 3.49. The van der Waals surface area contributed by atoms with Crippen LogP contribution in [0.3, 0.4) is 0 Å². The van der Waals surface area contributed by atoms with Gasteiger partial charge in [-0.2, -0.15) is 0 Å². The number of benzene rings is 1. The molecular formula is C19H34Cl2N2OSi. The van der Waals surface area contributed by atoms with Crippen molar-refractivity contribution in [3.8, 4) is 5.75 Å². The minimum absolute atomic E-state index is 0. The molecule has 0 unspecified atom stereocenters. The first kappa shape index (κ1) is 22.8. The first-order chi connectivity index (χ1) is 11.0. The Bertz CT molecular complexity index is 495. The smallest absolute Gasteiger partial charge is 0.242 e. The van der Waals surface area contributed by atoms with Gasteiger partial charge in [-0.3, -0.25) is 4.90 Å². The Morgan fingerprint density at radius 3 is 2.08 bits per heavy atom. The third kappa shape index (κ3) is 6.44. The molecule has 1 N–H and O–H groups in total. The normalized spacial score (nSPS) is 20.4. The number of hydrogen-bond acceptors (Lipinski definition) is 3. The second-order valence-corrected chi connectivity index (χ2v) is 12.5. The van der Waals surface area contributed by atoms with Crippen molar-refractivity contribution in [3.05, 3.63) is 29.8 Å². The molecule has 0 amide bonds. The molecule has 1 saturated heterocycles. The van der Waals surface area contributed by atoms with Crippen LogP contribution in [0.15, 0.2) is 24.3 Å². The SMILES string of the molecule is C[Si](C)(C)Oc1ccc([C@H](C2CCCC2)N2CCNCC2)cc1.Cl.Cl. The van der Waals surface area contributed by atoms with E-state index < -0.39 is 8.32 Å². The van der Waals surface area contributed by atoms with E-state index in [1.807, 2.05) is 0 Å². The largest absolute Gasteiger partial charge is 0.544 e. The summed E-state index contributed by atoms with van der Waals surface area (Å²) in [4.78, 5) is 2.71. The number of rotatable bonds is 5. The van der Waals surface area contributed by atoms with Crippen LogP contribution in [0.4, 0.5) is 0 Å².